The van der Waals surface area contributed by atoms with E-state index in [1.54, 1.807) is 18.2 Å². The molecule has 49 valence electrons. The van der Waals surface area contributed by atoms with Crippen molar-refractivity contribution in [2.24, 2.45) is 0 Å². The summed E-state index contributed by atoms with van der Waals surface area (Å²) in [5.74, 6) is 0. The van der Waals surface area contributed by atoms with E-state index in [1.807, 2.05) is 0 Å². The Labute approximate surface area is 58.5 Å². The van der Waals surface area contributed by atoms with Crippen molar-refractivity contribution < 1.29 is 9.59 Å². The fourth-order valence-electron chi connectivity index (χ4n) is 0.643. The van der Waals surface area contributed by atoms with Crippen LogP contribution >= 0.6 is 0 Å². The van der Waals surface area contributed by atoms with Gasteiger partial charge in [0.2, 0.25) is 0 Å². The van der Waals surface area contributed by atoms with Gasteiger partial charge in [0, 0.05) is 17.2 Å². The maximum atomic E-state index is 10.1. The SMILES string of the molecule is O=Cc1[c]c(C=O)ccc1. The van der Waals surface area contributed by atoms with Gasteiger partial charge in [0.1, 0.15) is 0 Å². The molecule has 0 aromatic heterocycles. The molecule has 2 nitrogen and oxygen atoms in total. The second-order valence-electron chi connectivity index (χ2n) is 1.80. The Bertz CT molecular complexity index is 230. The van der Waals surface area contributed by atoms with E-state index in [9.17, 15) is 9.59 Å². The van der Waals surface area contributed by atoms with Gasteiger partial charge in [-0.05, 0) is 0 Å². The van der Waals surface area contributed by atoms with Crippen LogP contribution in [-0.2, 0) is 0 Å². The highest BCUT2D eigenvalue weighted by Gasteiger charge is 1.91. The van der Waals surface area contributed by atoms with Gasteiger partial charge in [-0.15, -0.1) is 0 Å². The van der Waals surface area contributed by atoms with Crippen LogP contribution < -0.4 is 0 Å². The summed E-state index contributed by atoms with van der Waals surface area (Å²) in [5.41, 5.74) is 0.814. The van der Waals surface area contributed by atoms with Crippen molar-refractivity contribution in [1.29, 1.82) is 0 Å². The summed E-state index contributed by atoms with van der Waals surface area (Å²) in [6.45, 7) is 0. The number of carbonyl (C=O) groups is 2. The fourth-order valence-corrected chi connectivity index (χ4v) is 0.643. The third-order valence-corrected chi connectivity index (χ3v) is 1.09. The third kappa shape index (κ3) is 1.29. The van der Waals surface area contributed by atoms with Crippen LogP contribution in [0.4, 0.5) is 0 Å². The Hall–Kier alpha value is -1.44. The summed E-state index contributed by atoms with van der Waals surface area (Å²) < 4.78 is 0. The zero-order valence-electron chi connectivity index (χ0n) is 5.20. The topological polar surface area (TPSA) is 34.1 Å². The number of aldehydes is 2. The minimum atomic E-state index is 0.407. The molecule has 0 spiro atoms. The highest BCUT2D eigenvalue weighted by atomic mass is 16.1. The quantitative estimate of drug-likeness (QED) is 0.566. The van der Waals surface area contributed by atoms with Crippen molar-refractivity contribution in [2.75, 3.05) is 0 Å². The molecule has 1 aromatic carbocycles. The van der Waals surface area contributed by atoms with Crippen molar-refractivity contribution in [1.82, 2.24) is 0 Å². The Kier molecular flexibility index (Phi) is 1.95. The summed E-state index contributed by atoms with van der Waals surface area (Å²) in [5, 5.41) is 0. The van der Waals surface area contributed by atoms with E-state index in [1.165, 1.54) is 0 Å². The van der Waals surface area contributed by atoms with E-state index in [-0.39, 0.29) is 0 Å². The van der Waals surface area contributed by atoms with Gasteiger partial charge in [-0.3, -0.25) is 9.59 Å². The third-order valence-electron chi connectivity index (χ3n) is 1.09. The zero-order chi connectivity index (χ0) is 7.40. The van der Waals surface area contributed by atoms with Gasteiger partial charge in [0.15, 0.2) is 12.6 Å². The lowest BCUT2D eigenvalue weighted by molar-refractivity contribution is 0.112. The van der Waals surface area contributed by atoms with Gasteiger partial charge in [-0.1, -0.05) is 18.2 Å². The molecule has 0 fully saturated rings. The van der Waals surface area contributed by atoms with Crippen LogP contribution in [0, 0.1) is 6.07 Å². The molecule has 0 saturated heterocycles. The lowest BCUT2D eigenvalue weighted by Gasteiger charge is -1.88. The van der Waals surface area contributed by atoms with Crippen LogP contribution in [0.15, 0.2) is 18.2 Å². The van der Waals surface area contributed by atoms with Gasteiger partial charge < -0.3 is 0 Å². The predicted octanol–water partition coefficient (Wildman–Crippen LogP) is 1.11. The van der Waals surface area contributed by atoms with Gasteiger partial charge in [-0.2, -0.15) is 0 Å². The molecular weight excluding hydrogens is 128 g/mol. The summed E-state index contributed by atoms with van der Waals surface area (Å²) >= 11 is 0. The van der Waals surface area contributed by atoms with Crippen molar-refractivity contribution >= 4 is 12.6 Å². The molecular formula is C8H5O2. The van der Waals surface area contributed by atoms with Gasteiger partial charge >= 0.3 is 0 Å². The molecule has 0 saturated carbocycles. The van der Waals surface area contributed by atoms with Crippen molar-refractivity contribution in [3.05, 3.63) is 35.4 Å². The molecule has 0 atom stereocenters. The molecule has 0 unspecified atom stereocenters. The largest absolute Gasteiger partial charge is 0.298 e. The fraction of sp³-hybridized carbons (Fsp3) is 0. The Balaban J connectivity index is 3.09. The summed E-state index contributed by atoms with van der Waals surface area (Å²) in [6, 6.07) is 7.44. The molecule has 10 heavy (non-hydrogen) atoms. The number of hydrogen-bond acceptors (Lipinski definition) is 2. The lowest BCUT2D eigenvalue weighted by atomic mass is 10.2. The minimum absolute atomic E-state index is 0.407. The molecule has 2 heteroatoms. The number of hydrogen-bond donors (Lipinski definition) is 0. The van der Waals surface area contributed by atoms with E-state index in [0.717, 1.165) is 0 Å². The normalized spacial score (nSPS) is 8.80. The molecule has 1 rings (SSSR count). The van der Waals surface area contributed by atoms with Crippen LogP contribution in [0.2, 0.25) is 0 Å². The summed E-state index contributed by atoms with van der Waals surface area (Å²) in [6.07, 6.45) is 1.32. The molecule has 0 aliphatic carbocycles. The van der Waals surface area contributed by atoms with Crippen molar-refractivity contribution in [2.45, 2.75) is 0 Å². The highest BCUT2D eigenvalue weighted by Crippen LogP contribution is 1.97. The predicted molar refractivity (Wildman–Crippen MR) is 36.1 cm³/mol. The maximum Gasteiger partial charge on any atom is 0.150 e. The minimum Gasteiger partial charge on any atom is -0.298 e. The Morgan fingerprint density at radius 1 is 1.10 bits per heavy atom. The standard InChI is InChI=1S/C8H5O2/c9-5-7-2-1-3-8(4-7)6-10/h1-3,5-6H. The van der Waals surface area contributed by atoms with Crippen LogP contribution in [-0.4, -0.2) is 12.6 Å². The van der Waals surface area contributed by atoms with E-state index < -0.39 is 0 Å². The number of rotatable bonds is 2. The molecule has 1 radical (unpaired) electrons. The molecule has 0 aliphatic heterocycles. The summed E-state index contributed by atoms with van der Waals surface area (Å²) in [4.78, 5) is 20.3. The van der Waals surface area contributed by atoms with Crippen LogP contribution in [0.1, 0.15) is 20.7 Å². The molecule has 0 heterocycles. The van der Waals surface area contributed by atoms with Gasteiger partial charge in [0.25, 0.3) is 0 Å². The molecule has 0 amide bonds. The first-order chi connectivity index (χ1) is 4.86. The average Bonchev–Trinajstić information content (AvgIpc) is 2.05. The van der Waals surface area contributed by atoms with Crippen LogP contribution in [0.5, 0.6) is 0 Å². The van der Waals surface area contributed by atoms with Crippen molar-refractivity contribution in [3.8, 4) is 0 Å². The summed E-state index contributed by atoms with van der Waals surface area (Å²) in [7, 11) is 0. The average molecular weight is 133 g/mol. The Morgan fingerprint density at radius 2 is 1.60 bits per heavy atom. The number of benzene rings is 1. The smallest absolute Gasteiger partial charge is 0.150 e. The molecule has 0 N–H and O–H groups in total. The van der Waals surface area contributed by atoms with Crippen molar-refractivity contribution in [3.63, 3.8) is 0 Å². The van der Waals surface area contributed by atoms with E-state index in [4.69, 9.17) is 0 Å². The lowest BCUT2D eigenvalue weighted by Crippen LogP contribution is -1.83. The first-order valence-corrected chi connectivity index (χ1v) is 2.79. The van der Waals surface area contributed by atoms with E-state index >= 15 is 0 Å². The second kappa shape index (κ2) is 2.92. The highest BCUT2D eigenvalue weighted by molar-refractivity contribution is 5.80. The van der Waals surface area contributed by atoms with E-state index in [2.05, 4.69) is 6.07 Å². The zero-order valence-corrected chi connectivity index (χ0v) is 5.20. The monoisotopic (exact) mass is 133 g/mol. The molecule has 1 aromatic rings. The maximum absolute atomic E-state index is 10.1. The van der Waals surface area contributed by atoms with Crippen LogP contribution in [0.25, 0.3) is 0 Å². The Morgan fingerprint density at radius 3 is 2.00 bits per heavy atom. The van der Waals surface area contributed by atoms with Crippen LogP contribution in [0.3, 0.4) is 0 Å². The first kappa shape index (κ1) is 6.68. The second-order valence-corrected chi connectivity index (χ2v) is 1.80. The van der Waals surface area contributed by atoms with Gasteiger partial charge in [0.05, 0.1) is 0 Å². The van der Waals surface area contributed by atoms with E-state index in [0.29, 0.717) is 23.7 Å². The molecule has 0 bridgehead atoms. The first-order valence-electron chi connectivity index (χ1n) is 2.79. The molecule has 0 aliphatic rings. The number of carbonyl (C=O) groups excluding carboxylic acids is 2. The van der Waals surface area contributed by atoms with Gasteiger partial charge in [-0.25, -0.2) is 0 Å².